The highest BCUT2D eigenvalue weighted by atomic mass is 35.5. The summed E-state index contributed by atoms with van der Waals surface area (Å²) in [4.78, 5) is 13.6. The summed E-state index contributed by atoms with van der Waals surface area (Å²) in [5, 5.41) is 3.49. The Kier molecular flexibility index (Phi) is 6.10. The smallest absolute Gasteiger partial charge is 0.317 e. The van der Waals surface area contributed by atoms with Crippen molar-refractivity contribution in [2.45, 2.75) is 6.54 Å². The summed E-state index contributed by atoms with van der Waals surface area (Å²) in [6.07, 6.45) is 0. The molecule has 2 aromatic rings. The summed E-state index contributed by atoms with van der Waals surface area (Å²) >= 11 is 5.80. The molecule has 4 nitrogen and oxygen atoms in total. The number of amides is 2. The molecule has 2 amide bonds. The number of rotatable bonds is 6. The molecule has 0 fully saturated rings. The second-order valence-corrected chi connectivity index (χ2v) is 5.31. The van der Waals surface area contributed by atoms with E-state index in [0.29, 0.717) is 24.7 Å². The first kappa shape index (κ1) is 16.2. The summed E-state index contributed by atoms with van der Waals surface area (Å²) in [5.41, 5.74) is 1.09. The molecule has 0 bridgehead atoms. The van der Waals surface area contributed by atoms with Crippen LogP contribution in [0.3, 0.4) is 0 Å². The topological polar surface area (TPSA) is 41.6 Å². The lowest BCUT2D eigenvalue weighted by molar-refractivity contribution is 0.203. The third-order valence-electron chi connectivity index (χ3n) is 3.07. The van der Waals surface area contributed by atoms with Crippen molar-refractivity contribution in [3.05, 3.63) is 65.2 Å². The van der Waals surface area contributed by atoms with Crippen molar-refractivity contribution in [1.29, 1.82) is 0 Å². The molecule has 0 aliphatic rings. The van der Waals surface area contributed by atoms with Crippen LogP contribution in [0.4, 0.5) is 4.79 Å². The van der Waals surface area contributed by atoms with Crippen LogP contribution in [0.2, 0.25) is 5.02 Å². The van der Waals surface area contributed by atoms with Crippen LogP contribution in [0.15, 0.2) is 54.6 Å². The maximum absolute atomic E-state index is 11.9. The lowest BCUT2D eigenvalue weighted by atomic mass is 10.2. The maximum Gasteiger partial charge on any atom is 0.317 e. The maximum atomic E-state index is 11.9. The molecule has 0 radical (unpaired) electrons. The molecule has 1 N–H and O–H groups in total. The van der Waals surface area contributed by atoms with Crippen molar-refractivity contribution in [3.8, 4) is 5.75 Å². The largest absolute Gasteiger partial charge is 0.492 e. The number of halogens is 1. The van der Waals surface area contributed by atoms with E-state index in [9.17, 15) is 4.79 Å². The monoisotopic (exact) mass is 318 g/mol. The van der Waals surface area contributed by atoms with Gasteiger partial charge in [-0.25, -0.2) is 4.79 Å². The Hall–Kier alpha value is -2.20. The molecule has 2 rings (SSSR count). The van der Waals surface area contributed by atoms with Gasteiger partial charge in [0.25, 0.3) is 0 Å². The molecule has 22 heavy (non-hydrogen) atoms. The first-order valence-electron chi connectivity index (χ1n) is 7.06. The van der Waals surface area contributed by atoms with Gasteiger partial charge in [0.1, 0.15) is 12.4 Å². The van der Waals surface area contributed by atoms with Gasteiger partial charge in [-0.05, 0) is 29.8 Å². The van der Waals surface area contributed by atoms with Crippen LogP contribution in [0, 0.1) is 0 Å². The van der Waals surface area contributed by atoms with E-state index in [1.165, 1.54) is 0 Å². The van der Waals surface area contributed by atoms with Crippen LogP contribution in [-0.2, 0) is 6.54 Å². The number of hydrogen-bond acceptors (Lipinski definition) is 2. The number of nitrogens with one attached hydrogen (secondary N) is 1. The summed E-state index contributed by atoms with van der Waals surface area (Å²) in [6.45, 7) is 1.43. The number of carbonyl (C=O) groups excluding carboxylic acids is 1. The summed E-state index contributed by atoms with van der Waals surface area (Å²) < 4.78 is 5.52. The SMILES string of the molecule is CN(Cc1ccccc1)C(=O)NCCOc1ccc(Cl)cc1. The van der Waals surface area contributed by atoms with Crippen molar-refractivity contribution in [1.82, 2.24) is 10.2 Å². The quantitative estimate of drug-likeness (QED) is 0.827. The first-order valence-corrected chi connectivity index (χ1v) is 7.44. The highest BCUT2D eigenvalue weighted by Gasteiger charge is 2.07. The van der Waals surface area contributed by atoms with E-state index in [1.54, 1.807) is 36.2 Å². The predicted octanol–water partition coefficient (Wildman–Crippen LogP) is 3.56. The fourth-order valence-corrected chi connectivity index (χ4v) is 2.05. The van der Waals surface area contributed by atoms with Crippen LogP contribution >= 0.6 is 11.6 Å². The average molecular weight is 319 g/mol. The lowest BCUT2D eigenvalue weighted by Gasteiger charge is -2.18. The van der Waals surface area contributed by atoms with Gasteiger partial charge >= 0.3 is 6.03 Å². The Morgan fingerprint density at radius 2 is 1.82 bits per heavy atom. The van der Waals surface area contributed by atoms with E-state index < -0.39 is 0 Å². The van der Waals surface area contributed by atoms with Crippen LogP contribution in [0.25, 0.3) is 0 Å². The molecule has 0 heterocycles. The standard InChI is InChI=1S/C17H19ClN2O2/c1-20(13-14-5-3-2-4-6-14)17(21)19-11-12-22-16-9-7-15(18)8-10-16/h2-10H,11-13H2,1H3,(H,19,21). The van der Waals surface area contributed by atoms with Gasteiger partial charge in [-0.15, -0.1) is 0 Å². The van der Waals surface area contributed by atoms with Gasteiger partial charge < -0.3 is 15.0 Å². The molecule has 0 saturated heterocycles. The first-order chi connectivity index (χ1) is 10.6. The molecule has 0 aromatic heterocycles. The van der Waals surface area contributed by atoms with Crippen molar-refractivity contribution in [3.63, 3.8) is 0 Å². The van der Waals surface area contributed by atoms with E-state index in [-0.39, 0.29) is 6.03 Å². The van der Waals surface area contributed by atoms with E-state index >= 15 is 0 Å². The number of benzene rings is 2. The van der Waals surface area contributed by atoms with Gasteiger partial charge in [0.2, 0.25) is 0 Å². The number of hydrogen-bond donors (Lipinski definition) is 1. The number of ether oxygens (including phenoxy) is 1. The zero-order valence-corrected chi connectivity index (χ0v) is 13.2. The lowest BCUT2D eigenvalue weighted by Crippen LogP contribution is -2.38. The fourth-order valence-electron chi connectivity index (χ4n) is 1.92. The molecule has 2 aromatic carbocycles. The molecule has 116 valence electrons. The molecule has 0 aliphatic carbocycles. The second-order valence-electron chi connectivity index (χ2n) is 4.88. The number of nitrogens with zero attached hydrogens (tertiary/aromatic N) is 1. The van der Waals surface area contributed by atoms with Crippen LogP contribution in [0.1, 0.15) is 5.56 Å². The number of urea groups is 1. The molecule has 5 heteroatoms. The molecule has 0 spiro atoms. The molecular weight excluding hydrogens is 300 g/mol. The predicted molar refractivity (Wildman–Crippen MR) is 88.3 cm³/mol. The second kappa shape index (κ2) is 8.29. The normalized spacial score (nSPS) is 10.1. The van der Waals surface area contributed by atoms with Crippen LogP contribution in [-0.4, -0.2) is 31.1 Å². The highest BCUT2D eigenvalue weighted by Crippen LogP contribution is 2.15. The van der Waals surface area contributed by atoms with E-state index in [1.807, 2.05) is 30.3 Å². The Bertz CT molecular complexity index is 587. The summed E-state index contributed by atoms with van der Waals surface area (Å²) in [5.74, 6) is 0.733. The van der Waals surface area contributed by atoms with E-state index in [0.717, 1.165) is 11.3 Å². The van der Waals surface area contributed by atoms with Crippen molar-refractivity contribution in [2.75, 3.05) is 20.2 Å². The Labute approximate surface area is 135 Å². The highest BCUT2D eigenvalue weighted by molar-refractivity contribution is 6.30. The Morgan fingerprint density at radius 3 is 2.50 bits per heavy atom. The fraction of sp³-hybridized carbons (Fsp3) is 0.235. The average Bonchev–Trinajstić information content (AvgIpc) is 2.54. The van der Waals surface area contributed by atoms with Crippen molar-refractivity contribution in [2.24, 2.45) is 0 Å². The number of carbonyl (C=O) groups is 1. The third kappa shape index (κ3) is 5.30. The van der Waals surface area contributed by atoms with Gasteiger partial charge in [-0.2, -0.15) is 0 Å². The van der Waals surface area contributed by atoms with Crippen molar-refractivity contribution < 1.29 is 9.53 Å². The minimum Gasteiger partial charge on any atom is -0.492 e. The zero-order valence-electron chi connectivity index (χ0n) is 12.5. The van der Waals surface area contributed by atoms with Gasteiger partial charge in [0.15, 0.2) is 0 Å². The van der Waals surface area contributed by atoms with Gasteiger partial charge in [0.05, 0.1) is 6.54 Å². The zero-order chi connectivity index (χ0) is 15.8. The summed E-state index contributed by atoms with van der Waals surface area (Å²) in [7, 11) is 1.77. The molecule has 0 unspecified atom stereocenters. The van der Waals surface area contributed by atoms with Gasteiger partial charge in [-0.3, -0.25) is 0 Å². The molecule has 0 saturated carbocycles. The molecular formula is C17H19ClN2O2. The van der Waals surface area contributed by atoms with E-state index in [2.05, 4.69) is 5.32 Å². The van der Waals surface area contributed by atoms with Crippen molar-refractivity contribution >= 4 is 17.6 Å². The molecule has 0 aliphatic heterocycles. The van der Waals surface area contributed by atoms with Gasteiger partial charge in [0, 0.05) is 18.6 Å². The minimum absolute atomic E-state index is 0.122. The Balaban J connectivity index is 1.67. The third-order valence-corrected chi connectivity index (χ3v) is 3.32. The molecule has 0 atom stereocenters. The van der Waals surface area contributed by atoms with Crippen LogP contribution in [0.5, 0.6) is 5.75 Å². The Morgan fingerprint density at radius 1 is 1.14 bits per heavy atom. The minimum atomic E-state index is -0.122. The van der Waals surface area contributed by atoms with Crippen LogP contribution < -0.4 is 10.1 Å². The van der Waals surface area contributed by atoms with Gasteiger partial charge in [-0.1, -0.05) is 41.9 Å². The van der Waals surface area contributed by atoms with E-state index in [4.69, 9.17) is 16.3 Å². The summed E-state index contributed by atoms with van der Waals surface area (Å²) in [6, 6.07) is 16.9.